The van der Waals surface area contributed by atoms with E-state index in [0.29, 0.717) is 31.2 Å². The Balaban J connectivity index is 1.44. The summed E-state index contributed by atoms with van der Waals surface area (Å²) in [5.41, 5.74) is 3.33. The molecule has 1 aliphatic heterocycles. The maximum absolute atomic E-state index is 12.5. The summed E-state index contributed by atoms with van der Waals surface area (Å²) in [6, 6.07) is 6.06. The summed E-state index contributed by atoms with van der Waals surface area (Å²) in [5.74, 6) is 0.782. The Bertz CT molecular complexity index is 1010. The normalized spacial score (nSPS) is 20.0. The lowest BCUT2D eigenvalue weighted by molar-refractivity contribution is -0.121. The largest absolute Gasteiger partial charge is 0.441 e. The first-order valence-electron chi connectivity index (χ1n) is 10.6. The van der Waals surface area contributed by atoms with Crippen LogP contribution in [0.5, 0.6) is 0 Å². The lowest BCUT2D eigenvalue weighted by atomic mass is 10.1. The molecule has 0 unspecified atom stereocenters. The van der Waals surface area contributed by atoms with Gasteiger partial charge in [-0.2, -0.15) is 4.31 Å². The second-order valence-electron chi connectivity index (χ2n) is 8.16. The minimum Gasteiger partial charge on any atom is -0.441 e. The number of carbonyl (C=O) groups excluding carboxylic acids is 1. The number of sulfonamides is 1. The molecule has 0 bridgehead atoms. The predicted molar refractivity (Wildman–Crippen MR) is 118 cm³/mol. The molecule has 3 rings (SSSR count). The highest BCUT2D eigenvalue weighted by Gasteiger charge is 2.30. The van der Waals surface area contributed by atoms with Crippen LogP contribution in [-0.4, -0.2) is 61.2 Å². The molecule has 31 heavy (non-hydrogen) atoms. The lowest BCUT2D eigenvalue weighted by Crippen LogP contribution is -2.49. The topological polar surface area (TPSA) is 102 Å². The fraction of sp³-hybridized carbons (Fsp3) is 0.545. The Labute approximate surface area is 184 Å². The molecular weight excluding hydrogens is 418 g/mol. The molecule has 1 N–H and O–H groups in total. The van der Waals surface area contributed by atoms with Gasteiger partial charge in [0.2, 0.25) is 15.9 Å². The van der Waals surface area contributed by atoms with E-state index in [1.807, 2.05) is 39.0 Å². The summed E-state index contributed by atoms with van der Waals surface area (Å²) < 4.78 is 37.8. The van der Waals surface area contributed by atoms with Crippen molar-refractivity contribution in [2.24, 2.45) is 0 Å². The number of aromatic nitrogens is 1. The Morgan fingerprint density at radius 1 is 1.19 bits per heavy atom. The van der Waals surface area contributed by atoms with Crippen molar-refractivity contribution in [1.29, 1.82) is 0 Å². The van der Waals surface area contributed by atoms with Gasteiger partial charge in [0.15, 0.2) is 11.7 Å². The van der Waals surface area contributed by atoms with Crippen LogP contribution in [0.4, 0.5) is 0 Å². The maximum Gasteiger partial charge on any atom is 0.220 e. The third-order valence-electron chi connectivity index (χ3n) is 5.37. The van der Waals surface area contributed by atoms with Crippen LogP contribution in [0.1, 0.15) is 37.3 Å². The number of carbonyl (C=O) groups is 1. The van der Waals surface area contributed by atoms with E-state index in [1.54, 1.807) is 6.20 Å². The van der Waals surface area contributed by atoms with Crippen LogP contribution in [0.15, 0.2) is 28.8 Å². The van der Waals surface area contributed by atoms with Crippen LogP contribution < -0.4 is 5.32 Å². The quantitative estimate of drug-likeness (QED) is 0.664. The highest BCUT2D eigenvalue weighted by Crippen LogP contribution is 2.23. The molecule has 1 fully saturated rings. The minimum atomic E-state index is -3.44. The van der Waals surface area contributed by atoms with Crippen molar-refractivity contribution < 1.29 is 22.4 Å². The van der Waals surface area contributed by atoms with Crippen LogP contribution in [0.25, 0.3) is 11.3 Å². The van der Waals surface area contributed by atoms with E-state index in [4.69, 9.17) is 9.15 Å². The van der Waals surface area contributed by atoms with E-state index in [2.05, 4.69) is 17.2 Å². The molecule has 8 nitrogen and oxygen atoms in total. The van der Waals surface area contributed by atoms with Gasteiger partial charge in [-0.15, -0.1) is 0 Å². The number of oxazole rings is 1. The average Bonchev–Trinajstić information content (AvgIpc) is 3.17. The molecule has 2 heterocycles. The molecule has 170 valence electrons. The van der Waals surface area contributed by atoms with Crippen molar-refractivity contribution >= 4 is 15.9 Å². The van der Waals surface area contributed by atoms with Crippen LogP contribution in [0, 0.1) is 13.8 Å². The van der Waals surface area contributed by atoms with Gasteiger partial charge in [-0.3, -0.25) is 4.79 Å². The van der Waals surface area contributed by atoms with Crippen molar-refractivity contribution in [2.75, 3.05) is 25.4 Å². The van der Waals surface area contributed by atoms with Gasteiger partial charge in [0.25, 0.3) is 0 Å². The first kappa shape index (κ1) is 23.4. The van der Waals surface area contributed by atoms with E-state index in [-0.39, 0.29) is 36.8 Å². The molecule has 1 saturated heterocycles. The summed E-state index contributed by atoms with van der Waals surface area (Å²) in [6.07, 6.45) is 1.92. The Morgan fingerprint density at radius 2 is 1.90 bits per heavy atom. The number of morpholine rings is 1. The lowest BCUT2D eigenvalue weighted by Gasteiger charge is -2.34. The zero-order chi connectivity index (χ0) is 22.6. The van der Waals surface area contributed by atoms with Gasteiger partial charge in [-0.25, -0.2) is 13.4 Å². The first-order valence-corrected chi connectivity index (χ1v) is 12.2. The zero-order valence-corrected chi connectivity index (χ0v) is 19.4. The molecule has 0 aliphatic carbocycles. The van der Waals surface area contributed by atoms with Gasteiger partial charge in [0, 0.05) is 38.0 Å². The van der Waals surface area contributed by atoms with E-state index in [0.717, 1.165) is 5.56 Å². The second kappa shape index (κ2) is 9.93. The van der Waals surface area contributed by atoms with E-state index < -0.39 is 10.0 Å². The van der Waals surface area contributed by atoms with Crippen LogP contribution in [-0.2, 0) is 26.0 Å². The SMILES string of the molecule is Cc1ccc(-c2cnc(CCC(=O)NCCS(=O)(=O)N3C[C@@H](C)O[C@@H](C)C3)o2)cc1C. The maximum atomic E-state index is 12.5. The van der Waals surface area contributed by atoms with E-state index >= 15 is 0 Å². The number of benzene rings is 1. The van der Waals surface area contributed by atoms with Crippen LogP contribution in [0.3, 0.4) is 0 Å². The Morgan fingerprint density at radius 3 is 2.58 bits per heavy atom. The molecule has 1 aromatic carbocycles. The van der Waals surface area contributed by atoms with Crippen LogP contribution in [0.2, 0.25) is 0 Å². The minimum absolute atomic E-state index is 0.0702. The number of rotatable bonds is 8. The molecule has 0 radical (unpaired) electrons. The molecule has 2 atom stereocenters. The molecule has 1 amide bonds. The molecule has 2 aromatic rings. The summed E-state index contributed by atoms with van der Waals surface area (Å²) in [5, 5.41) is 2.68. The zero-order valence-electron chi connectivity index (χ0n) is 18.6. The number of aryl methyl sites for hydroxylation is 3. The number of nitrogens with zero attached hydrogens (tertiary/aromatic N) is 2. The van der Waals surface area contributed by atoms with Gasteiger partial charge >= 0.3 is 0 Å². The van der Waals surface area contributed by atoms with Gasteiger partial charge in [0.05, 0.1) is 24.2 Å². The van der Waals surface area contributed by atoms with Gasteiger partial charge < -0.3 is 14.5 Å². The smallest absolute Gasteiger partial charge is 0.220 e. The fourth-order valence-electron chi connectivity index (χ4n) is 3.57. The average molecular weight is 450 g/mol. The molecule has 0 saturated carbocycles. The van der Waals surface area contributed by atoms with E-state index in [9.17, 15) is 13.2 Å². The molecule has 1 aliphatic rings. The standard InChI is InChI=1S/C22H31N3O5S/c1-15-5-6-19(11-16(15)2)20-12-24-22(30-20)8-7-21(26)23-9-10-31(27,28)25-13-17(3)29-18(4)14-25/h5-6,11-12,17-18H,7-10,13-14H2,1-4H3,(H,23,26)/t17-,18+. The highest BCUT2D eigenvalue weighted by molar-refractivity contribution is 7.89. The number of hydrogen-bond acceptors (Lipinski definition) is 6. The number of ether oxygens (including phenoxy) is 1. The summed E-state index contributed by atoms with van der Waals surface area (Å²) in [7, 11) is -3.44. The Kier molecular flexibility index (Phi) is 7.51. The molecular formula is C22H31N3O5S. The van der Waals surface area contributed by atoms with Crippen molar-refractivity contribution in [1.82, 2.24) is 14.6 Å². The van der Waals surface area contributed by atoms with Gasteiger partial charge in [0.1, 0.15) is 0 Å². The van der Waals surface area contributed by atoms with Crippen LogP contribution >= 0.6 is 0 Å². The molecule has 9 heteroatoms. The van der Waals surface area contributed by atoms with Gasteiger partial charge in [-0.1, -0.05) is 12.1 Å². The third kappa shape index (κ3) is 6.38. The van der Waals surface area contributed by atoms with Crippen molar-refractivity contribution in [3.05, 3.63) is 41.4 Å². The number of hydrogen-bond donors (Lipinski definition) is 1. The van der Waals surface area contributed by atoms with Crippen molar-refractivity contribution in [3.63, 3.8) is 0 Å². The molecule has 1 aromatic heterocycles. The fourth-order valence-corrected chi connectivity index (χ4v) is 5.06. The summed E-state index contributed by atoms with van der Waals surface area (Å²) >= 11 is 0. The first-order chi connectivity index (χ1) is 14.6. The number of amides is 1. The summed E-state index contributed by atoms with van der Waals surface area (Å²) in [6.45, 7) is 8.56. The number of nitrogens with one attached hydrogen (secondary N) is 1. The van der Waals surface area contributed by atoms with Gasteiger partial charge in [-0.05, 0) is 44.9 Å². The monoisotopic (exact) mass is 449 g/mol. The highest BCUT2D eigenvalue weighted by atomic mass is 32.2. The third-order valence-corrected chi connectivity index (χ3v) is 7.18. The summed E-state index contributed by atoms with van der Waals surface area (Å²) in [4.78, 5) is 16.4. The van der Waals surface area contributed by atoms with Crippen molar-refractivity contribution in [2.45, 2.75) is 52.7 Å². The van der Waals surface area contributed by atoms with Crippen molar-refractivity contribution in [3.8, 4) is 11.3 Å². The Hall–Kier alpha value is -2.23. The predicted octanol–water partition coefficient (Wildman–Crippen LogP) is 2.45. The second-order valence-corrected chi connectivity index (χ2v) is 10.2. The molecule has 0 spiro atoms. The van der Waals surface area contributed by atoms with E-state index in [1.165, 1.54) is 15.4 Å².